The number of cyclic esters (lactones) is 1. The third-order valence-corrected chi connectivity index (χ3v) is 3.27. The van der Waals surface area contributed by atoms with Crippen LogP contribution in [0.1, 0.15) is 18.9 Å². The Kier molecular flexibility index (Phi) is 3.95. The molecule has 1 aromatic carbocycles. The first kappa shape index (κ1) is 13.7. The maximum Gasteiger partial charge on any atom is 0.410 e. The van der Waals surface area contributed by atoms with E-state index in [1.807, 2.05) is 31.2 Å². The van der Waals surface area contributed by atoms with Crippen LogP contribution >= 0.6 is 0 Å². The van der Waals surface area contributed by atoms with Gasteiger partial charge in [-0.2, -0.15) is 0 Å². The third kappa shape index (κ3) is 3.17. The van der Waals surface area contributed by atoms with Crippen LogP contribution in [0.15, 0.2) is 24.3 Å². The number of methoxy groups -OCH3 is 1. The van der Waals surface area contributed by atoms with Gasteiger partial charge >= 0.3 is 6.09 Å². The van der Waals surface area contributed by atoms with E-state index in [1.54, 1.807) is 12.0 Å². The second-order valence-electron chi connectivity index (χ2n) is 5.00. The Hall–Kier alpha value is -1.75. The van der Waals surface area contributed by atoms with Crippen molar-refractivity contribution in [3.8, 4) is 5.75 Å². The summed E-state index contributed by atoms with van der Waals surface area (Å²) < 4.78 is 10.5. The molecule has 0 aromatic heterocycles. The summed E-state index contributed by atoms with van der Waals surface area (Å²) in [5.41, 5.74) is 0.398. The molecule has 1 aliphatic rings. The fourth-order valence-corrected chi connectivity index (χ4v) is 2.25. The lowest BCUT2D eigenvalue weighted by Gasteiger charge is -2.20. The number of amides is 1. The van der Waals surface area contributed by atoms with Crippen LogP contribution in [0.25, 0.3) is 0 Å². The van der Waals surface area contributed by atoms with Crippen LogP contribution in [-0.2, 0) is 11.3 Å². The molecule has 19 heavy (non-hydrogen) atoms. The predicted molar refractivity (Wildman–Crippen MR) is 70.0 cm³/mol. The van der Waals surface area contributed by atoms with Gasteiger partial charge in [-0.25, -0.2) is 4.79 Å². The van der Waals surface area contributed by atoms with Gasteiger partial charge in [0, 0.05) is 19.6 Å². The zero-order valence-corrected chi connectivity index (χ0v) is 11.3. The van der Waals surface area contributed by atoms with Crippen LogP contribution in [0.5, 0.6) is 5.75 Å². The highest BCUT2D eigenvalue weighted by atomic mass is 16.6. The Morgan fingerprint density at radius 2 is 2.32 bits per heavy atom. The van der Waals surface area contributed by atoms with Gasteiger partial charge in [-0.05, 0) is 24.6 Å². The summed E-state index contributed by atoms with van der Waals surface area (Å²) in [6, 6.07) is 7.59. The van der Waals surface area contributed by atoms with E-state index in [4.69, 9.17) is 14.6 Å². The van der Waals surface area contributed by atoms with Gasteiger partial charge in [0.2, 0.25) is 0 Å². The SMILES string of the molecule is COc1cccc(CN2CC(C)(CCO)OC2=O)c1. The molecule has 1 aliphatic heterocycles. The first-order valence-electron chi connectivity index (χ1n) is 6.28. The number of rotatable bonds is 5. The zero-order valence-electron chi connectivity index (χ0n) is 11.3. The van der Waals surface area contributed by atoms with Gasteiger partial charge in [0.05, 0.1) is 13.7 Å². The average Bonchev–Trinajstić information content (AvgIpc) is 2.65. The number of carbonyl (C=O) groups is 1. The van der Waals surface area contributed by atoms with Crippen molar-refractivity contribution in [2.75, 3.05) is 20.3 Å². The Labute approximate surface area is 112 Å². The largest absolute Gasteiger partial charge is 0.497 e. The van der Waals surface area contributed by atoms with E-state index >= 15 is 0 Å². The zero-order chi connectivity index (χ0) is 13.9. The number of carbonyl (C=O) groups excluding carboxylic acids is 1. The van der Waals surface area contributed by atoms with Crippen molar-refractivity contribution in [2.24, 2.45) is 0 Å². The number of aliphatic hydroxyl groups excluding tert-OH is 1. The maximum absolute atomic E-state index is 11.8. The fourth-order valence-electron chi connectivity index (χ4n) is 2.25. The monoisotopic (exact) mass is 265 g/mol. The van der Waals surface area contributed by atoms with Gasteiger partial charge < -0.3 is 14.6 Å². The van der Waals surface area contributed by atoms with Gasteiger partial charge in [-0.15, -0.1) is 0 Å². The summed E-state index contributed by atoms with van der Waals surface area (Å²) in [6.07, 6.45) is 0.117. The van der Waals surface area contributed by atoms with Gasteiger partial charge in [-0.1, -0.05) is 12.1 Å². The Morgan fingerprint density at radius 1 is 1.53 bits per heavy atom. The molecule has 2 rings (SSSR count). The van der Waals surface area contributed by atoms with Crippen molar-refractivity contribution in [2.45, 2.75) is 25.5 Å². The molecular formula is C14H19NO4. The molecule has 0 radical (unpaired) electrons. The van der Waals surface area contributed by atoms with Gasteiger partial charge in [0.15, 0.2) is 0 Å². The minimum absolute atomic E-state index is 0.0107. The molecular weight excluding hydrogens is 246 g/mol. The molecule has 1 N–H and O–H groups in total. The molecule has 0 saturated carbocycles. The van der Waals surface area contributed by atoms with Crippen LogP contribution in [0.3, 0.4) is 0 Å². The molecule has 5 nitrogen and oxygen atoms in total. The first-order valence-corrected chi connectivity index (χ1v) is 6.28. The van der Waals surface area contributed by atoms with E-state index in [1.165, 1.54) is 0 Å². The van der Waals surface area contributed by atoms with Gasteiger partial charge in [0.25, 0.3) is 0 Å². The number of benzene rings is 1. The number of hydrogen-bond donors (Lipinski definition) is 1. The Balaban J connectivity index is 2.05. The standard InChI is InChI=1S/C14H19NO4/c1-14(6-7-16)10-15(13(17)19-14)9-11-4-3-5-12(8-11)18-2/h3-5,8,16H,6-7,9-10H2,1-2H3. The van der Waals surface area contributed by atoms with Crippen molar-refractivity contribution in [1.29, 1.82) is 0 Å². The highest BCUT2D eigenvalue weighted by Crippen LogP contribution is 2.27. The summed E-state index contributed by atoms with van der Waals surface area (Å²) in [7, 11) is 1.61. The molecule has 1 fully saturated rings. The second kappa shape index (κ2) is 5.48. The summed E-state index contributed by atoms with van der Waals surface area (Å²) in [6.45, 7) is 2.82. The smallest absolute Gasteiger partial charge is 0.410 e. The predicted octanol–water partition coefficient (Wildman–Crippen LogP) is 1.79. The van der Waals surface area contributed by atoms with Crippen molar-refractivity contribution in [3.63, 3.8) is 0 Å². The minimum atomic E-state index is -0.593. The van der Waals surface area contributed by atoms with Crippen molar-refractivity contribution in [1.82, 2.24) is 4.90 Å². The van der Waals surface area contributed by atoms with Crippen molar-refractivity contribution >= 4 is 6.09 Å². The molecule has 0 aliphatic carbocycles. The fraction of sp³-hybridized carbons (Fsp3) is 0.500. The summed E-state index contributed by atoms with van der Waals surface area (Å²) >= 11 is 0. The lowest BCUT2D eigenvalue weighted by Crippen LogP contribution is -2.32. The van der Waals surface area contributed by atoms with Gasteiger partial charge in [-0.3, -0.25) is 4.90 Å². The van der Waals surface area contributed by atoms with Crippen LogP contribution in [0.4, 0.5) is 4.79 Å². The third-order valence-electron chi connectivity index (χ3n) is 3.27. The number of nitrogens with zero attached hydrogens (tertiary/aromatic N) is 1. The van der Waals surface area contributed by atoms with E-state index in [2.05, 4.69) is 0 Å². The van der Waals surface area contributed by atoms with E-state index in [0.29, 0.717) is 19.5 Å². The molecule has 1 atom stereocenters. The molecule has 1 saturated heterocycles. The van der Waals surface area contributed by atoms with Crippen molar-refractivity contribution in [3.05, 3.63) is 29.8 Å². The van der Waals surface area contributed by atoms with Crippen LogP contribution in [0, 0.1) is 0 Å². The maximum atomic E-state index is 11.8. The summed E-state index contributed by atoms with van der Waals surface area (Å²) in [4.78, 5) is 13.5. The van der Waals surface area contributed by atoms with E-state index in [9.17, 15) is 4.79 Å². The number of hydrogen-bond acceptors (Lipinski definition) is 4. The highest BCUT2D eigenvalue weighted by molar-refractivity contribution is 5.70. The van der Waals surface area contributed by atoms with E-state index < -0.39 is 5.60 Å². The molecule has 0 spiro atoms. The first-order chi connectivity index (χ1) is 9.06. The summed E-state index contributed by atoms with van der Waals surface area (Å²) in [5.74, 6) is 0.767. The normalized spacial score (nSPS) is 22.5. The molecule has 1 amide bonds. The molecule has 1 unspecified atom stereocenters. The Bertz CT molecular complexity index is 463. The quantitative estimate of drug-likeness (QED) is 0.881. The van der Waals surface area contributed by atoms with E-state index in [0.717, 1.165) is 11.3 Å². The molecule has 5 heteroatoms. The summed E-state index contributed by atoms with van der Waals surface area (Å²) in [5, 5.41) is 9.00. The van der Waals surface area contributed by atoms with Crippen molar-refractivity contribution < 1.29 is 19.4 Å². The lowest BCUT2D eigenvalue weighted by molar-refractivity contribution is 0.0501. The molecule has 104 valence electrons. The Morgan fingerprint density at radius 3 is 3.00 bits per heavy atom. The van der Waals surface area contributed by atoms with Crippen LogP contribution in [0.2, 0.25) is 0 Å². The molecule has 1 heterocycles. The molecule has 0 bridgehead atoms. The van der Waals surface area contributed by atoms with Crippen LogP contribution in [-0.4, -0.2) is 42.0 Å². The number of ether oxygens (including phenoxy) is 2. The second-order valence-corrected chi connectivity index (χ2v) is 5.00. The lowest BCUT2D eigenvalue weighted by atomic mass is 10.0. The van der Waals surface area contributed by atoms with E-state index in [-0.39, 0.29) is 12.7 Å². The minimum Gasteiger partial charge on any atom is -0.497 e. The average molecular weight is 265 g/mol. The van der Waals surface area contributed by atoms with Crippen LogP contribution < -0.4 is 4.74 Å². The number of aliphatic hydroxyl groups is 1. The van der Waals surface area contributed by atoms with Gasteiger partial charge in [0.1, 0.15) is 11.4 Å². The topological polar surface area (TPSA) is 59.0 Å². The molecule has 1 aromatic rings. The highest BCUT2D eigenvalue weighted by Gasteiger charge is 2.40.